The van der Waals surface area contributed by atoms with Gasteiger partial charge in [0.05, 0.1) is 23.2 Å². The summed E-state index contributed by atoms with van der Waals surface area (Å²) in [5.41, 5.74) is 0.976. The van der Waals surface area contributed by atoms with E-state index in [1.165, 1.54) is 0 Å². The van der Waals surface area contributed by atoms with Gasteiger partial charge in [-0.1, -0.05) is 13.8 Å². The Balaban J connectivity index is 1.86. The molecule has 122 valence electrons. The van der Waals surface area contributed by atoms with Gasteiger partial charge in [0, 0.05) is 17.9 Å². The SMILES string of the molecule is CC[C@H](C)C(=O)Nc1cc(C2CC2)nn1[C@@H]1CCS(=O)(=O)C1. The lowest BCUT2D eigenvalue weighted by atomic mass is 10.1. The first-order valence-electron chi connectivity index (χ1n) is 8.00. The average Bonchev–Trinajstić information content (AvgIpc) is 3.15. The molecule has 1 N–H and O–H groups in total. The van der Waals surface area contributed by atoms with E-state index >= 15 is 0 Å². The molecule has 0 aromatic carbocycles. The third kappa shape index (κ3) is 3.19. The molecule has 0 bridgehead atoms. The van der Waals surface area contributed by atoms with Crippen molar-refractivity contribution in [2.24, 2.45) is 5.92 Å². The average molecular weight is 325 g/mol. The van der Waals surface area contributed by atoms with Crippen LogP contribution in [0.5, 0.6) is 0 Å². The predicted octanol–water partition coefficient (Wildman–Crippen LogP) is 2.10. The van der Waals surface area contributed by atoms with Crippen LogP contribution in [0, 0.1) is 5.92 Å². The number of anilines is 1. The molecule has 2 heterocycles. The molecular formula is C15H23N3O3S. The van der Waals surface area contributed by atoms with E-state index in [-0.39, 0.29) is 29.4 Å². The molecule has 1 aliphatic heterocycles. The maximum absolute atomic E-state index is 12.2. The Bertz CT molecular complexity index is 676. The van der Waals surface area contributed by atoms with E-state index in [4.69, 9.17) is 0 Å². The normalized spacial score (nSPS) is 25.1. The molecule has 0 radical (unpaired) electrons. The molecule has 1 saturated heterocycles. The van der Waals surface area contributed by atoms with Crippen LogP contribution in [0.4, 0.5) is 5.82 Å². The standard InChI is InChI=1S/C15H23N3O3S/c1-3-10(2)15(19)16-14-8-13(11-4-5-11)17-18(14)12-6-7-22(20,21)9-12/h8,10-12H,3-7,9H2,1-2H3,(H,16,19)/t10-,12+/m0/s1. The van der Waals surface area contributed by atoms with Crippen LogP contribution in [0.2, 0.25) is 0 Å². The molecule has 7 heteroatoms. The summed E-state index contributed by atoms with van der Waals surface area (Å²) in [4.78, 5) is 12.2. The van der Waals surface area contributed by atoms with E-state index < -0.39 is 9.84 Å². The summed E-state index contributed by atoms with van der Waals surface area (Å²) in [6, 6.07) is 1.76. The van der Waals surface area contributed by atoms with Crippen LogP contribution in [0.25, 0.3) is 0 Å². The van der Waals surface area contributed by atoms with E-state index in [0.717, 1.165) is 25.0 Å². The van der Waals surface area contributed by atoms with Crippen LogP contribution in [-0.4, -0.2) is 35.6 Å². The highest BCUT2D eigenvalue weighted by atomic mass is 32.2. The molecule has 1 aromatic heterocycles. The Hall–Kier alpha value is -1.37. The van der Waals surface area contributed by atoms with Crippen molar-refractivity contribution in [3.05, 3.63) is 11.8 Å². The van der Waals surface area contributed by atoms with Crippen molar-refractivity contribution in [2.75, 3.05) is 16.8 Å². The summed E-state index contributed by atoms with van der Waals surface area (Å²) in [7, 11) is -2.98. The van der Waals surface area contributed by atoms with Crippen LogP contribution in [0.3, 0.4) is 0 Å². The number of nitrogens with one attached hydrogen (secondary N) is 1. The van der Waals surface area contributed by atoms with Crippen molar-refractivity contribution in [3.63, 3.8) is 0 Å². The van der Waals surface area contributed by atoms with Crippen LogP contribution >= 0.6 is 0 Å². The van der Waals surface area contributed by atoms with E-state index in [2.05, 4.69) is 10.4 Å². The third-order valence-electron chi connectivity index (χ3n) is 4.62. The first kappa shape index (κ1) is 15.5. The number of carbonyl (C=O) groups excluding carboxylic acids is 1. The maximum atomic E-state index is 12.2. The fourth-order valence-corrected chi connectivity index (χ4v) is 4.46. The highest BCUT2D eigenvalue weighted by Crippen LogP contribution is 2.41. The van der Waals surface area contributed by atoms with Crippen molar-refractivity contribution in [1.29, 1.82) is 0 Å². The lowest BCUT2D eigenvalue weighted by Crippen LogP contribution is -2.23. The summed E-state index contributed by atoms with van der Waals surface area (Å²) in [5, 5.41) is 7.53. The third-order valence-corrected chi connectivity index (χ3v) is 6.37. The number of carbonyl (C=O) groups is 1. The van der Waals surface area contributed by atoms with Gasteiger partial charge in [-0.05, 0) is 25.7 Å². The molecule has 1 aliphatic carbocycles. The van der Waals surface area contributed by atoms with Crippen molar-refractivity contribution >= 4 is 21.6 Å². The van der Waals surface area contributed by atoms with E-state index in [0.29, 0.717) is 18.2 Å². The minimum Gasteiger partial charge on any atom is -0.311 e. The molecule has 1 saturated carbocycles. The summed E-state index contributed by atoms with van der Waals surface area (Å²) in [6.45, 7) is 3.86. The summed E-state index contributed by atoms with van der Waals surface area (Å²) < 4.78 is 25.2. The molecule has 0 spiro atoms. The zero-order valence-electron chi connectivity index (χ0n) is 13.1. The van der Waals surface area contributed by atoms with Crippen LogP contribution < -0.4 is 5.32 Å². The smallest absolute Gasteiger partial charge is 0.228 e. The molecule has 2 atom stereocenters. The fourth-order valence-electron chi connectivity index (χ4n) is 2.77. The minimum atomic E-state index is -2.98. The fraction of sp³-hybridized carbons (Fsp3) is 0.733. The topological polar surface area (TPSA) is 81.1 Å². The van der Waals surface area contributed by atoms with Gasteiger partial charge >= 0.3 is 0 Å². The molecule has 2 fully saturated rings. The van der Waals surface area contributed by atoms with Gasteiger partial charge in [-0.3, -0.25) is 4.79 Å². The number of aromatic nitrogens is 2. The van der Waals surface area contributed by atoms with Crippen LogP contribution in [0.15, 0.2) is 6.07 Å². The van der Waals surface area contributed by atoms with Gasteiger partial charge in [-0.25, -0.2) is 13.1 Å². The Morgan fingerprint density at radius 1 is 1.45 bits per heavy atom. The molecule has 1 aromatic rings. The van der Waals surface area contributed by atoms with Crippen LogP contribution in [-0.2, 0) is 14.6 Å². The van der Waals surface area contributed by atoms with Gasteiger partial charge < -0.3 is 5.32 Å². The summed E-state index contributed by atoms with van der Waals surface area (Å²) in [5.74, 6) is 1.33. The van der Waals surface area contributed by atoms with Gasteiger partial charge in [0.1, 0.15) is 5.82 Å². The van der Waals surface area contributed by atoms with Gasteiger partial charge in [0.2, 0.25) is 5.91 Å². The Kier molecular flexibility index (Phi) is 4.01. The lowest BCUT2D eigenvalue weighted by Gasteiger charge is -2.15. The van der Waals surface area contributed by atoms with Crippen molar-refractivity contribution in [3.8, 4) is 0 Å². The molecule has 2 aliphatic rings. The second kappa shape index (κ2) is 5.68. The predicted molar refractivity (Wildman–Crippen MR) is 84.6 cm³/mol. The zero-order valence-corrected chi connectivity index (χ0v) is 13.9. The van der Waals surface area contributed by atoms with Gasteiger partial charge in [0.15, 0.2) is 9.84 Å². The van der Waals surface area contributed by atoms with E-state index in [1.54, 1.807) is 4.68 Å². The number of rotatable bonds is 5. The highest BCUT2D eigenvalue weighted by molar-refractivity contribution is 7.91. The van der Waals surface area contributed by atoms with Crippen molar-refractivity contribution in [1.82, 2.24) is 9.78 Å². The second-order valence-corrected chi connectivity index (χ2v) is 8.76. The highest BCUT2D eigenvalue weighted by Gasteiger charge is 2.34. The minimum absolute atomic E-state index is 0.0353. The van der Waals surface area contributed by atoms with E-state index in [1.807, 2.05) is 19.9 Å². The van der Waals surface area contributed by atoms with Gasteiger partial charge in [-0.2, -0.15) is 5.10 Å². The van der Waals surface area contributed by atoms with Gasteiger partial charge in [0.25, 0.3) is 0 Å². The Morgan fingerprint density at radius 3 is 2.73 bits per heavy atom. The van der Waals surface area contributed by atoms with E-state index in [9.17, 15) is 13.2 Å². The first-order valence-corrected chi connectivity index (χ1v) is 9.82. The molecule has 1 amide bonds. The van der Waals surface area contributed by atoms with Crippen molar-refractivity contribution in [2.45, 2.75) is 51.5 Å². The molecule has 6 nitrogen and oxygen atoms in total. The number of amides is 1. The first-order chi connectivity index (χ1) is 10.4. The van der Waals surface area contributed by atoms with Crippen molar-refractivity contribution < 1.29 is 13.2 Å². The Labute approximate surface area is 131 Å². The summed E-state index contributed by atoms with van der Waals surface area (Å²) in [6.07, 6.45) is 3.59. The monoisotopic (exact) mass is 325 g/mol. The number of sulfone groups is 1. The lowest BCUT2D eigenvalue weighted by molar-refractivity contribution is -0.119. The van der Waals surface area contributed by atoms with Gasteiger partial charge in [-0.15, -0.1) is 0 Å². The summed E-state index contributed by atoms with van der Waals surface area (Å²) >= 11 is 0. The number of nitrogens with zero attached hydrogens (tertiary/aromatic N) is 2. The largest absolute Gasteiger partial charge is 0.311 e. The van der Waals surface area contributed by atoms with Crippen LogP contribution in [0.1, 0.15) is 57.2 Å². The molecular weight excluding hydrogens is 302 g/mol. The molecule has 22 heavy (non-hydrogen) atoms. The Morgan fingerprint density at radius 2 is 2.18 bits per heavy atom. The quantitative estimate of drug-likeness (QED) is 0.899. The zero-order chi connectivity index (χ0) is 15.9. The number of hydrogen-bond donors (Lipinski definition) is 1. The molecule has 0 unspecified atom stereocenters. The number of hydrogen-bond acceptors (Lipinski definition) is 4. The molecule has 3 rings (SSSR count). The maximum Gasteiger partial charge on any atom is 0.228 e. The second-order valence-electron chi connectivity index (χ2n) is 6.53.